The molecule has 4 nitrogen and oxygen atoms in total. The zero-order valence-electron chi connectivity index (χ0n) is 11.1. The maximum Gasteiger partial charge on any atom is 0.411 e. The zero-order chi connectivity index (χ0) is 13.9. The average Bonchev–Trinajstić information content (AvgIpc) is 3.05. The number of nitriles is 1. The molecule has 1 amide bonds. The van der Waals surface area contributed by atoms with Crippen molar-refractivity contribution in [2.24, 2.45) is 5.92 Å². The van der Waals surface area contributed by atoms with Crippen LogP contribution < -0.4 is 0 Å². The number of likely N-dealkylation sites (tertiary alicyclic amines) is 1. The van der Waals surface area contributed by atoms with E-state index in [-0.39, 0.29) is 24.8 Å². The molecule has 1 aromatic carbocycles. The molecule has 1 aromatic rings. The lowest BCUT2D eigenvalue weighted by Gasteiger charge is -2.24. The molecule has 1 heterocycles. The normalized spacial score (nSPS) is 27.1. The Morgan fingerprint density at radius 3 is 2.95 bits per heavy atom. The van der Waals surface area contributed by atoms with Gasteiger partial charge in [-0.2, -0.15) is 5.26 Å². The summed E-state index contributed by atoms with van der Waals surface area (Å²) < 4.78 is 5.35. The summed E-state index contributed by atoms with van der Waals surface area (Å²) >= 11 is 0. The lowest BCUT2D eigenvalue weighted by atomic mass is 10.0. The Labute approximate surface area is 118 Å². The topological polar surface area (TPSA) is 53.3 Å². The van der Waals surface area contributed by atoms with Crippen molar-refractivity contribution >= 4 is 6.09 Å². The number of benzene rings is 1. The van der Waals surface area contributed by atoms with Crippen molar-refractivity contribution in [1.29, 1.82) is 5.26 Å². The fourth-order valence-electron chi connectivity index (χ4n) is 3.01. The fraction of sp³-hybridized carbons (Fsp3) is 0.375. The van der Waals surface area contributed by atoms with Gasteiger partial charge in [0.15, 0.2) is 0 Å². The molecule has 0 bridgehead atoms. The average molecular weight is 268 g/mol. The predicted molar refractivity (Wildman–Crippen MR) is 73.5 cm³/mol. The van der Waals surface area contributed by atoms with Crippen LogP contribution >= 0.6 is 0 Å². The molecular formula is C16H16N2O2. The Balaban J connectivity index is 1.67. The van der Waals surface area contributed by atoms with Crippen LogP contribution in [-0.4, -0.2) is 23.1 Å². The molecule has 0 spiro atoms. The number of hydrogen-bond donors (Lipinski definition) is 0. The van der Waals surface area contributed by atoms with Crippen molar-refractivity contribution in [2.45, 2.75) is 31.5 Å². The monoisotopic (exact) mass is 268 g/mol. The van der Waals surface area contributed by atoms with E-state index in [1.165, 1.54) is 0 Å². The first kappa shape index (κ1) is 12.7. The summed E-state index contributed by atoms with van der Waals surface area (Å²) in [4.78, 5) is 13.8. The van der Waals surface area contributed by atoms with Gasteiger partial charge >= 0.3 is 6.09 Å². The van der Waals surface area contributed by atoms with E-state index < -0.39 is 0 Å². The smallest absolute Gasteiger partial charge is 0.411 e. The molecule has 20 heavy (non-hydrogen) atoms. The van der Waals surface area contributed by atoms with Gasteiger partial charge in [-0.3, -0.25) is 4.90 Å². The molecule has 0 aromatic heterocycles. The van der Waals surface area contributed by atoms with Crippen LogP contribution in [0.15, 0.2) is 42.5 Å². The van der Waals surface area contributed by atoms with Gasteiger partial charge in [0.2, 0.25) is 0 Å². The lowest BCUT2D eigenvalue weighted by Crippen LogP contribution is -2.40. The summed E-state index contributed by atoms with van der Waals surface area (Å²) in [5.41, 5.74) is 0.951. The van der Waals surface area contributed by atoms with Crippen LogP contribution in [0.25, 0.3) is 0 Å². The van der Waals surface area contributed by atoms with Crippen LogP contribution in [0, 0.1) is 17.2 Å². The van der Waals surface area contributed by atoms with Gasteiger partial charge in [-0.1, -0.05) is 42.5 Å². The van der Waals surface area contributed by atoms with E-state index >= 15 is 0 Å². The van der Waals surface area contributed by atoms with Crippen LogP contribution in [-0.2, 0) is 11.3 Å². The van der Waals surface area contributed by atoms with Gasteiger partial charge in [0.1, 0.15) is 12.6 Å². The number of amides is 1. The Bertz CT molecular complexity index is 562. The third kappa shape index (κ3) is 2.27. The van der Waals surface area contributed by atoms with E-state index in [2.05, 4.69) is 12.1 Å². The highest BCUT2D eigenvalue weighted by atomic mass is 16.6. The summed E-state index contributed by atoms with van der Waals surface area (Å²) in [5, 5.41) is 9.20. The number of ether oxygens (including phenoxy) is 1. The van der Waals surface area contributed by atoms with Crippen molar-refractivity contribution in [3.8, 4) is 6.07 Å². The summed E-state index contributed by atoms with van der Waals surface area (Å²) in [6, 6.07) is 11.4. The van der Waals surface area contributed by atoms with E-state index in [4.69, 9.17) is 4.74 Å². The van der Waals surface area contributed by atoms with Crippen LogP contribution in [0.1, 0.15) is 18.4 Å². The summed E-state index contributed by atoms with van der Waals surface area (Å²) in [5.74, 6) is 0.379. The molecule has 3 atom stereocenters. The largest absolute Gasteiger partial charge is 0.445 e. The molecule has 1 saturated heterocycles. The molecule has 0 radical (unpaired) electrons. The third-order valence-corrected chi connectivity index (χ3v) is 4.00. The second kappa shape index (κ2) is 5.38. The maximum absolute atomic E-state index is 12.2. The molecule has 3 unspecified atom stereocenters. The second-order valence-electron chi connectivity index (χ2n) is 5.24. The molecule has 1 aliphatic heterocycles. The highest BCUT2D eigenvalue weighted by Gasteiger charge is 2.44. The molecule has 3 rings (SSSR count). The van der Waals surface area contributed by atoms with Gasteiger partial charge in [-0.15, -0.1) is 0 Å². The van der Waals surface area contributed by atoms with Gasteiger partial charge in [-0.25, -0.2) is 4.79 Å². The maximum atomic E-state index is 12.2. The van der Waals surface area contributed by atoms with Gasteiger partial charge in [0.25, 0.3) is 0 Å². The van der Waals surface area contributed by atoms with Gasteiger partial charge in [0.05, 0.1) is 12.1 Å². The van der Waals surface area contributed by atoms with Crippen molar-refractivity contribution in [2.75, 3.05) is 0 Å². The standard InChI is InChI=1S/C16H16N2O2/c17-10-14-9-13-7-4-8-15(13)18(14)16(19)20-11-12-5-2-1-3-6-12/h1-6,8,13-15H,7,9,11H2. The summed E-state index contributed by atoms with van der Waals surface area (Å²) in [6.07, 6.45) is 5.41. The molecular weight excluding hydrogens is 252 g/mol. The number of nitrogens with zero attached hydrogens (tertiary/aromatic N) is 2. The number of carbonyl (C=O) groups excluding carboxylic acids is 1. The summed E-state index contributed by atoms with van der Waals surface area (Å²) in [7, 11) is 0. The molecule has 2 aliphatic rings. The van der Waals surface area contributed by atoms with E-state index in [0.29, 0.717) is 5.92 Å². The molecule has 1 fully saturated rings. The number of fused-ring (bicyclic) bond motifs is 1. The molecule has 0 saturated carbocycles. The van der Waals surface area contributed by atoms with Crippen LogP contribution in [0.2, 0.25) is 0 Å². The first-order chi connectivity index (χ1) is 9.79. The number of carbonyl (C=O) groups is 1. The van der Waals surface area contributed by atoms with Gasteiger partial charge < -0.3 is 4.74 Å². The van der Waals surface area contributed by atoms with E-state index in [1.807, 2.05) is 36.4 Å². The van der Waals surface area contributed by atoms with E-state index in [1.54, 1.807) is 4.90 Å². The highest BCUT2D eigenvalue weighted by molar-refractivity contribution is 5.70. The van der Waals surface area contributed by atoms with Crippen molar-refractivity contribution in [1.82, 2.24) is 4.90 Å². The predicted octanol–water partition coefficient (Wildman–Crippen LogP) is 2.87. The SMILES string of the molecule is N#CC1CC2CC=CC2N1C(=O)OCc1ccccc1. The number of rotatable bonds is 2. The molecule has 4 heteroatoms. The van der Waals surface area contributed by atoms with Crippen molar-refractivity contribution in [3.63, 3.8) is 0 Å². The van der Waals surface area contributed by atoms with Crippen LogP contribution in [0.4, 0.5) is 4.79 Å². The lowest BCUT2D eigenvalue weighted by molar-refractivity contribution is 0.0895. The minimum atomic E-state index is -0.389. The number of hydrogen-bond acceptors (Lipinski definition) is 3. The first-order valence-electron chi connectivity index (χ1n) is 6.85. The minimum absolute atomic E-state index is 0.0305. The first-order valence-corrected chi connectivity index (χ1v) is 6.85. The van der Waals surface area contributed by atoms with Crippen LogP contribution in [0.3, 0.4) is 0 Å². The molecule has 102 valence electrons. The Morgan fingerprint density at radius 2 is 2.20 bits per heavy atom. The van der Waals surface area contributed by atoms with E-state index in [0.717, 1.165) is 18.4 Å². The Morgan fingerprint density at radius 1 is 1.40 bits per heavy atom. The zero-order valence-corrected chi connectivity index (χ0v) is 11.1. The van der Waals surface area contributed by atoms with Crippen molar-refractivity contribution < 1.29 is 9.53 Å². The second-order valence-corrected chi connectivity index (χ2v) is 5.24. The summed E-state index contributed by atoms with van der Waals surface area (Å²) in [6.45, 7) is 0.245. The van der Waals surface area contributed by atoms with E-state index in [9.17, 15) is 10.1 Å². The molecule has 0 N–H and O–H groups in total. The van der Waals surface area contributed by atoms with Crippen LogP contribution in [0.5, 0.6) is 0 Å². The Kier molecular flexibility index (Phi) is 3.42. The molecule has 1 aliphatic carbocycles. The van der Waals surface area contributed by atoms with Gasteiger partial charge in [-0.05, 0) is 24.3 Å². The van der Waals surface area contributed by atoms with Crippen molar-refractivity contribution in [3.05, 3.63) is 48.0 Å². The number of allylic oxidation sites excluding steroid dienone is 1. The fourth-order valence-corrected chi connectivity index (χ4v) is 3.01. The Hall–Kier alpha value is -2.28. The van der Waals surface area contributed by atoms with Gasteiger partial charge in [0, 0.05) is 0 Å². The minimum Gasteiger partial charge on any atom is -0.445 e. The quantitative estimate of drug-likeness (QED) is 0.775. The third-order valence-electron chi connectivity index (χ3n) is 4.00. The highest BCUT2D eigenvalue weighted by Crippen LogP contribution is 2.37.